The Morgan fingerprint density at radius 3 is 2.77 bits per heavy atom. The van der Waals surface area contributed by atoms with Crippen molar-refractivity contribution in [2.75, 3.05) is 6.61 Å². The summed E-state index contributed by atoms with van der Waals surface area (Å²) in [5.41, 5.74) is -0.516. The Hall–Kier alpha value is -1.44. The predicted octanol–water partition coefficient (Wildman–Crippen LogP) is 2.72. The van der Waals surface area contributed by atoms with Crippen LogP contribution in [0.15, 0.2) is 15.5 Å². The van der Waals surface area contributed by atoms with Crippen LogP contribution in [0.1, 0.15) is 38.6 Å². The molecule has 0 fully saturated rings. The molecule has 2 aromatic rings. The first-order valence-electron chi connectivity index (χ1n) is 6.73. The highest BCUT2D eigenvalue weighted by Crippen LogP contribution is 2.16. The number of hydrogen-bond donors (Lipinski definition) is 0. The summed E-state index contributed by atoms with van der Waals surface area (Å²) in [4.78, 5) is 16.1. The molecular formula is C13H16Cl2N4O3. The first kappa shape index (κ1) is 16.9. The van der Waals surface area contributed by atoms with Crippen LogP contribution in [-0.4, -0.2) is 26.5 Å². The van der Waals surface area contributed by atoms with Gasteiger partial charge in [-0.3, -0.25) is 4.79 Å². The van der Waals surface area contributed by atoms with Crippen molar-refractivity contribution in [3.8, 4) is 0 Å². The van der Waals surface area contributed by atoms with E-state index in [1.54, 1.807) is 0 Å². The second-order valence-corrected chi connectivity index (χ2v) is 5.97. The average molecular weight is 347 g/mol. The molecule has 9 heteroatoms. The summed E-state index contributed by atoms with van der Waals surface area (Å²) in [5, 5.41) is 7.73. The second-order valence-electron chi connectivity index (χ2n) is 5.19. The van der Waals surface area contributed by atoms with Gasteiger partial charge < -0.3 is 9.26 Å². The Morgan fingerprint density at radius 2 is 2.09 bits per heavy atom. The fourth-order valence-corrected chi connectivity index (χ4v) is 1.87. The maximum absolute atomic E-state index is 11.9. The van der Waals surface area contributed by atoms with Crippen molar-refractivity contribution in [1.82, 2.24) is 19.9 Å². The summed E-state index contributed by atoms with van der Waals surface area (Å²) < 4.78 is 11.8. The topological polar surface area (TPSA) is 83.0 Å². The Kier molecular flexibility index (Phi) is 5.55. The van der Waals surface area contributed by atoms with E-state index in [1.807, 2.05) is 6.92 Å². The lowest BCUT2D eigenvalue weighted by Gasteiger charge is -2.10. The van der Waals surface area contributed by atoms with Crippen LogP contribution in [0.4, 0.5) is 0 Å². The van der Waals surface area contributed by atoms with Crippen LogP contribution in [0.3, 0.4) is 0 Å². The van der Waals surface area contributed by atoms with E-state index in [-0.39, 0.29) is 28.6 Å². The van der Waals surface area contributed by atoms with Crippen LogP contribution in [0.2, 0.25) is 10.0 Å². The summed E-state index contributed by atoms with van der Waals surface area (Å²) >= 11 is 11.5. The third-order valence-electron chi connectivity index (χ3n) is 2.75. The smallest absolute Gasteiger partial charge is 0.287 e. The zero-order chi connectivity index (χ0) is 16.3. The van der Waals surface area contributed by atoms with E-state index in [4.69, 9.17) is 32.5 Å². The molecule has 2 rings (SSSR count). The van der Waals surface area contributed by atoms with Gasteiger partial charge in [0.05, 0.1) is 11.2 Å². The zero-order valence-corrected chi connectivity index (χ0v) is 13.9. The number of hydrogen-bond acceptors (Lipinski definition) is 6. The molecule has 0 bridgehead atoms. The minimum atomic E-state index is -0.516. The van der Waals surface area contributed by atoms with Crippen molar-refractivity contribution in [2.45, 2.75) is 33.4 Å². The molecule has 0 aliphatic rings. The van der Waals surface area contributed by atoms with Gasteiger partial charge in [0.2, 0.25) is 5.89 Å². The lowest BCUT2D eigenvalue weighted by molar-refractivity contribution is 0.0402. The van der Waals surface area contributed by atoms with Crippen LogP contribution < -0.4 is 5.56 Å². The maximum Gasteiger partial charge on any atom is 0.287 e. The predicted molar refractivity (Wildman–Crippen MR) is 81.1 cm³/mol. The van der Waals surface area contributed by atoms with Gasteiger partial charge in [-0.05, 0) is 12.8 Å². The van der Waals surface area contributed by atoms with Gasteiger partial charge in [0, 0.05) is 6.61 Å². The Balaban J connectivity index is 2.09. The van der Waals surface area contributed by atoms with Crippen molar-refractivity contribution in [1.29, 1.82) is 0 Å². The minimum absolute atomic E-state index is 0.0135. The molecule has 0 aliphatic carbocycles. The number of ether oxygens (including phenoxy) is 1. The van der Waals surface area contributed by atoms with Crippen molar-refractivity contribution >= 4 is 23.2 Å². The van der Waals surface area contributed by atoms with E-state index >= 15 is 0 Å². The maximum atomic E-state index is 11.9. The van der Waals surface area contributed by atoms with Gasteiger partial charge in [-0.2, -0.15) is 10.1 Å². The van der Waals surface area contributed by atoms with Gasteiger partial charge in [0.25, 0.3) is 5.56 Å². The van der Waals surface area contributed by atoms with Gasteiger partial charge in [0.1, 0.15) is 17.7 Å². The molecule has 0 saturated carbocycles. The summed E-state index contributed by atoms with van der Waals surface area (Å²) in [7, 11) is 0. The van der Waals surface area contributed by atoms with Crippen LogP contribution in [0.5, 0.6) is 0 Å². The monoisotopic (exact) mass is 346 g/mol. The Bertz CT molecular complexity index is 699. The lowest BCUT2D eigenvalue weighted by atomic mass is 10.2. The van der Waals surface area contributed by atoms with Gasteiger partial charge in [-0.15, -0.1) is 0 Å². The fraction of sp³-hybridized carbons (Fsp3) is 0.538. The van der Waals surface area contributed by atoms with E-state index < -0.39 is 5.56 Å². The van der Waals surface area contributed by atoms with E-state index in [0.29, 0.717) is 18.3 Å². The van der Waals surface area contributed by atoms with Crippen LogP contribution in [0, 0.1) is 5.92 Å². The van der Waals surface area contributed by atoms with Crippen molar-refractivity contribution in [3.63, 3.8) is 0 Å². The van der Waals surface area contributed by atoms with Crippen molar-refractivity contribution in [3.05, 3.63) is 38.3 Å². The molecule has 0 spiro atoms. The quantitative estimate of drug-likeness (QED) is 0.799. The van der Waals surface area contributed by atoms with E-state index in [0.717, 1.165) is 4.68 Å². The van der Waals surface area contributed by atoms with Crippen LogP contribution >= 0.6 is 23.2 Å². The SMILES string of the molecule is CC(C)CO[C@@H](C)c1noc(Cn2ncc(Cl)c(Cl)c2=O)n1. The molecule has 0 unspecified atom stereocenters. The molecule has 2 aromatic heterocycles. The summed E-state index contributed by atoms with van der Waals surface area (Å²) in [5.74, 6) is 1.07. The largest absolute Gasteiger partial charge is 0.370 e. The van der Waals surface area contributed by atoms with Crippen molar-refractivity contribution in [2.24, 2.45) is 5.92 Å². The molecule has 0 amide bonds. The zero-order valence-electron chi connectivity index (χ0n) is 12.4. The number of aromatic nitrogens is 4. The highest BCUT2D eigenvalue weighted by molar-refractivity contribution is 6.41. The number of nitrogens with zero attached hydrogens (tertiary/aromatic N) is 4. The molecule has 0 radical (unpaired) electrons. The third-order valence-corrected chi connectivity index (χ3v) is 3.50. The van der Waals surface area contributed by atoms with Gasteiger partial charge in [0.15, 0.2) is 5.82 Å². The number of halogens is 2. The molecule has 22 heavy (non-hydrogen) atoms. The minimum Gasteiger partial charge on any atom is -0.370 e. The molecule has 1 atom stereocenters. The molecule has 0 aliphatic heterocycles. The standard InChI is InChI=1S/C13H16Cl2N4O3/c1-7(2)6-21-8(3)12-17-10(22-18-12)5-19-13(20)11(15)9(14)4-16-19/h4,7-8H,5-6H2,1-3H3/t8-/m0/s1. The number of rotatable bonds is 6. The molecule has 7 nitrogen and oxygen atoms in total. The second kappa shape index (κ2) is 7.21. The molecule has 0 N–H and O–H groups in total. The van der Waals surface area contributed by atoms with E-state index in [1.165, 1.54) is 6.20 Å². The summed E-state index contributed by atoms with van der Waals surface area (Å²) in [6, 6.07) is 0. The first-order valence-corrected chi connectivity index (χ1v) is 7.49. The van der Waals surface area contributed by atoms with Gasteiger partial charge >= 0.3 is 0 Å². The van der Waals surface area contributed by atoms with Gasteiger partial charge in [-0.1, -0.05) is 42.2 Å². The Labute approximate surface area is 137 Å². The highest BCUT2D eigenvalue weighted by atomic mass is 35.5. The van der Waals surface area contributed by atoms with Crippen molar-refractivity contribution < 1.29 is 9.26 Å². The first-order chi connectivity index (χ1) is 10.4. The van der Waals surface area contributed by atoms with Crippen LogP contribution in [0.25, 0.3) is 0 Å². The molecule has 0 aromatic carbocycles. The van der Waals surface area contributed by atoms with E-state index in [2.05, 4.69) is 29.1 Å². The molecule has 2 heterocycles. The Morgan fingerprint density at radius 1 is 1.36 bits per heavy atom. The average Bonchev–Trinajstić information content (AvgIpc) is 2.94. The normalized spacial score (nSPS) is 12.8. The van der Waals surface area contributed by atoms with Crippen LogP contribution in [-0.2, 0) is 11.3 Å². The summed E-state index contributed by atoms with van der Waals surface area (Å²) in [6.07, 6.45) is 0.995. The molecule has 0 saturated heterocycles. The molecular weight excluding hydrogens is 331 g/mol. The third kappa shape index (κ3) is 4.06. The molecule has 120 valence electrons. The summed E-state index contributed by atoms with van der Waals surface area (Å²) in [6.45, 7) is 6.55. The lowest BCUT2D eigenvalue weighted by Crippen LogP contribution is -2.23. The van der Waals surface area contributed by atoms with Gasteiger partial charge in [-0.25, -0.2) is 4.68 Å². The fourth-order valence-electron chi connectivity index (χ4n) is 1.59. The van der Waals surface area contributed by atoms with E-state index in [9.17, 15) is 4.79 Å². The highest BCUT2D eigenvalue weighted by Gasteiger charge is 2.16.